The Morgan fingerprint density at radius 3 is 2.42 bits per heavy atom. The topological polar surface area (TPSA) is 101 Å². The van der Waals surface area contributed by atoms with E-state index in [0.29, 0.717) is 35.8 Å². The molecule has 2 aromatic carbocycles. The third-order valence-corrected chi connectivity index (χ3v) is 5.53. The number of pyridine rings is 2. The van der Waals surface area contributed by atoms with E-state index in [1.807, 2.05) is 29.2 Å². The maximum Gasteiger partial charge on any atom is 0.341 e. The van der Waals surface area contributed by atoms with Gasteiger partial charge in [0.05, 0.1) is 23.1 Å². The lowest BCUT2D eigenvalue weighted by Crippen LogP contribution is -2.20. The molecule has 0 saturated carbocycles. The Bertz CT molecular complexity index is 1390. The number of hydrogen-bond acceptors (Lipinski definition) is 5. The molecule has 4 aromatic rings. The predicted octanol–water partition coefficient (Wildman–Crippen LogP) is 3.33. The summed E-state index contributed by atoms with van der Waals surface area (Å²) in [6, 6.07) is 13.8. The number of nitrogens with two attached hydrogens (primary N) is 1. The zero-order chi connectivity index (χ0) is 21.7. The summed E-state index contributed by atoms with van der Waals surface area (Å²) in [6.45, 7) is 1.08. The van der Waals surface area contributed by atoms with Gasteiger partial charge in [-0.25, -0.2) is 14.2 Å². The minimum Gasteiger partial charge on any atom is -0.477 e. The van der Waals surface area contributed by atoms with E-state index in [1.165, 1.54) is 17.0 Å². The SMILES string of the molecule is Nc1ccc(-n2cc(C(=O)O)c(=O)c3cc(F)c(N4Cc5ccccc5C4)cc32)cn1. The number of carboxylic acid groups (broad SMARTS) is 1. The molecule has 0 saturated heterocycles. The maximum atomic E-state index is 15.1. The van der Waals surface area contributed by atoms with Crippen LogP contribution in [0.3, 0.4) is 0 Å². The van der Waals surface area contributed by atoms with Crippen molar-refractivity contribution in [3.8, 4) is 5.69 Å². The minimum absolute atomic E-state index is 0.0188. The van der Waals surface area contributed by atoms with Crippen LogP contribution in [0, 0.1) is 5.82 Å². The summed E-state index contributed by atoms with van der Waals surface area (Å²) in [5.41, 5.74) is 7.93. The molecular weight excluding hydrogens is 399 g/mol. The van der Waals surface area contributed by atoms with Gasteiger partial charge in [0.2, 0.25) is 5.43 Å². The van der Waals surface area contributed by atoms with E-state index in [2.05, 4.69) is 4.98 Å². The van der Waals surface area contributed by atoms with E-state index in [4.69, 9.17) is 5.73 Å². The highest BCUT2D eigenvalue weighted by Crippen LogP contribution is 2.33. The Morgan fingerprint density at radius 2 is 1.81 bits per heavy atom. The van der Waals surface area contributed by atoms with Crippen LogP contribution in [-0.4, -0.2) is 20.6 Å². The fourth-order valence-electron chi connectivity index (χ4n) is 3.99. The van der Waals surface area contributed by atoms with Crippen molar-refractivity contribution in [2.24, 2.45) is 0 Å². The van der Waals surface area contributed by atoms with E-state index >= 15 is 4.39 Å². The fourth-order valence-corrected chi connectivity index (χ4v) is 3.99. The van der Waals surface area contributed by atoms with E-state index < -0.39 is 22.8 Å². The predicted molar refractivity (Wildman–Crippen MR) is 115 cm³/mol. The summed E-state index contributed by atoms with van der Waals surface area (Å²) in [5.74, 6) is -1.67. The summed E-state index contributed by atoms with van der Waals surface area (Å²) in [6.07, 6.45) is 2.71. The Labute approximate surface area is 175 Å². The van der Waals surface area contributed by atoms with Crippen LogP contribution >= 0.6 is 0 Å². The molecule has 3 N–H and O–H groups in total. The van der Waals surface area contributed by atoms with E-state index in [-0.39, 0.29) is 5.39 Å². The van der Waals surface area contributed by atoms with Crippen LogP contribution in [-0.2, 0) is 13.1 Å². The normalized spacial score (nSPS) is 12.9. The lowest BCUT2D eigenvalue weighted by atomic mass is 10.1. The number of fused-ring (bicyclic) bond motifs is 2. The van der Waals surface area contributed by atoms with Gasteiger partial charge in [-0.15, -0.1) is 0 Å². The zero-order valence-corrected chi connectivity index (χ0v) is 16.2. The molecule has 2 aromatic heterocycles. The van der Waals surface area contributed by atoms with Crippen LogP contribution < -0.4 is 16.1 Å². The van der Waals surface area contributed by atoms with Crippen LogP contribution in [0.2, 0.25) is 0 Å². The van der Waals surface area contributed by atoms with Gasteiger partial charge >= 0.3 is 5.97 Å². The van der Waals surface area contributed by atoms with Crippen LogP contribution in [0.25, 0.3) is 16.6 Å². The van der Waals surface area contributed by atoms with Crippen LogP contribution in [0.5, 0.6) is 0 Å². The van der Waals surface area contributed by atoms with Gasteiger partial charge in [-0.2, -0.15) is 0 Å². The molecule has 0 unspecified atom stereocenters. The molecule has 31 heavy (non-hydrogen) atoms. The standard InChI is InChI=1S/C23H17FN4O3/c24-18-7-16-19(8-20(18)27-10-13-3-1-2-4-14(13)11-27)28(12-17(22(16)29)23(30)31)15-5-6-21(25)26-9-15/h1-9,12H,10-11H2,(H2,25,26)(H,30,31). The lowest BCUT2D eigenvalue weighted by Gasteiger charge is -2.21. The molecule has 1 aliphatic heterocycles. The maximum absolute atomic E-state index is 15.1. The first-order valence-corrected chi connectivity index (χ1v) is 9.58. The Balaban J connectivity index is 1.74. The highest BCUT2D eigenvalue weighted by Gasteiger charge is 2.24. The number of hydrogen-bond donors (Lipinski definition) is 2. The van der Waals surface area contributed by atoms with Crippen molar-refractivity contribution >= 4 is 28.4 Å². The zero-order valence-electron chi connectivity index (χ0n) is 16.2. The Morgan fingerprint density at radius 1 is 1.10 bits per heavy atom. The fraction of sp³-hybridized carbons (Fsp3) is 0.0870. The molecule has 0 atom stereocenters. The number of benzene rings is 2. The molecule has 0 aliphatic carbocycles. The number of carbonyl (C=O) groups is 1. The molecule has 154 valence electrons. The highest BCUT2D eigenvalue weighted by molar-refractivity contribution is 5.94. The van der Waals surface area contributed by atoms with Gasteiger partial charge in [0.1, 0.15) is 17.2 Å². The quantitative estimate of drug-likeness (QED) is 0.531. The first-order chi connectivity index (χ1) is 14.9. The first kappa shape index (κ1) is 18.8. The van der Waals surface area contributed by atoms with Crippen molar-refractivity contribution in [2.75, 3.05) is 10.6 Å². The van der Waals surface area contributed by atoms with E-state index in [1.54, 1.807) is 18.2 Å². The van der Waals surface area contributed by atoms with Gasteiger partial charge in [0.15, 0.2) is 0 Å². The number of aromatic nitrogens is 2. The summed E-state index contributed by atoms with van der Waals surface area (Å²) >= 11 is 0. The number of aromatic carboxylic acids is 1. The van der Waals surface area contributed by atoms with Crippen LogP contribution in [0.15, 0.2) is 65.7 Å². The van der Waals surface area contributed by atoms with Gasteiger partial charge in [-0.1, -0.05) is 24.3 Å². The summed E-state index contributed by atoms with van der Waals surface area (Å²) in [7, 11) is 0. The Kier molecular flexibility index (Phi) is 4.21. The Hall–Kier alpha value is -4.20. The van der Waals surface area contributed by atoms with Crippen molar-refractivity contribution in [2.45, 2.75) is 13.1 Å². The molecule has 7 nitrogen and oxygen atoms in total. The second-order valence-corrected chi connectivity index (χ2v) is 7.43. The van der Waals surface area contributed by atoms with Gasteiger partial charge in [-0.05, 0) is 35.4 Å². The number of rotatable bonds is 3. The number of anilines is 2. The van der Waals surface area contributed by atoms with Crippen LogP contribution in [0.4, 0.5) is 15.9 Å². The van der Waals surface area contributed by atoms with Crippen molar-refractivity contribution in [1.82, 2.24) is 9.55 Å². The number of halogens is 1. The van der Waals surface area contributed by atoms with Crippen molar-refractivity contribution in [1.29, 1.82) is 0 Å². The van der Waals surface area contributed by atoms with Crippen LogP contribution in [0.1, 0.15) is 21.5 Å². The van der Waals surface area contributed by atoms with Crippen molar-refractivity contribution in [3.63, 3.8) is 0 Å². The van der Waals surface area contributed by atoms with Gasteiger partial charge < -0.3 is 20.3 Å². The average molecular weight is 416 g/mol. The monoisotopic (exact) mass is 416 g/mol. The number of nitrogens with zero attached hydrogens (tertiary/aromatic N) is 3. The van der Waals surface area contributed by atoms with Crippen molar-refractivity contribution < 1.29 is 14.3 Å². The van der Waals surface area contributed by atoms with Gasteiger partial charge in [0.25, 0.3) is 0 Å². The van der Waals surface area contributed by atoms with Gasteiger partial charge in [-0.3, -0.25) is 4.79 Å². The molecule has 0 spiro atoms. The molecule has 0 bridgehead atoms. The van der Waals surface area contributed by atoms with E-state index in [9.17, 15) is 14.7 Å². The molecule has 1 aliphatic rings. The molecule has 0 fully saturated rings. The second-order valence-electron chi connectivity index (χ2n) is 7.43. The largest absolute Gasteiger partial charge is 0.477 e. The molecular formula is C23H17FN4O3. The molecule has 5 rings (SSSR count). The molecule has 0 amide bonds. The van der Waals surface area contributed by atoms with E-state index in [0.717, 1.165) is 17.2 Å². The molecule has 0 radical (unpaired) electrons. The molecule has 8 heteroatoms. The number of carboxylic acids is 1. The number of nitrogen functional groups attached to an aromatic ring is 1. The first-order valence-electron chi connectivity index (χ1n) is 9.58. The lowest BCUT2D eigenvalue weighted by molar-refractivity contribution is 0.0695. The highest BCUT2D eigenvalue weighted by atomic mass is 19.1. The minimum atomic E-state index is -1.39. The summed E-state index contributed by atoms with van der Waals surface area (Å²) in [4.78, 5) is 30.3. The van der Waals surface area contributed by atoms with Gasteiger partial charge in [0, 0.05) is 24.7 Å². The second kappa shape index (κ2) is 6.94. The third kappa shape index (κ3) is 3.09. The molecule has 3 heterocycles. The van der Waals surface area contributed by atoms with Crippen molar-refractivity contribution in [3.05, 3.63) is 93.7 Å². The average Bonchev–Trinajstić information content (AvgIpc) is 3.18. The third-order valence-electron chi connectivity index (χ3n) is 5.53. The smallest absolute Gasteiger partial charge is 0.341 e. The summed E-state index contributed by atoms with van der Waals surface area (Å²) < 4.78 is 16.7. The summed E-state index contributed by atoms with van der Waals surface area (Å²) in [5, 5.41) is 9.47.